The number of rotatable bonds is 3. The van der Waals surface area contributed by atoms with Crippen LogP contribution in [0.3, 0.4) is 0 Å². The summed E-state index contributed by atoms with van der Waals surface area (Å²) in [6.45, 7) is 3.31. The standard InChI is InChI=1S/C16H18O3/c1-11(15(17)19-3)16(2,18)14-9-8-12-6-4-5-7-13(12)10-14/h4-11,18H,1-3H3. The maximum absolute atomic E-state index is 11.6. The second kappa shape index (κ2) is 5.02. The highest BCUT2D eigenvalue weighted by Gasteiger charge is 2.36. The molecule has 100 valence electrons. The van der Waals surface area contributed by atoms with E-state index >= 15 is 0 Å². The number of methoxy groups -OCH3 is 1. The molecule has 2 aromatic rings. The molecule has 0 aliphatic heterocycles. The van der Waals surface area contributed by atoms with Crippen LogP contribution in [-0.2, 0) is 15.1 Å². The molecule has 2 unspecified atom stereocenters. The van der Waals surface area contributed by atoms with Crippen molar-refractivity contribution in [1.29, 1.82) is 0 Å². The van der Waals surface area contributed by atoms with Gasteiger partial charge >= 0.3 is 5.97 Å². The lowest BCUT2D eigenvalue weighted by atomic mass is 9.83. The van der Waals surface area contributed by atoms with Crippen molar-refractivity contribution in [3.8, 4) is 0 Å². The van der Waals surface area contributed by atoms with Crippen molar-refractivity contribution < 1.29 is 14.6 Å². The normalized spacial score (nSPS) is 15.8. The predicted molar refractivity (Wildman–Crippen MR) is 74.7 cm³/mol. The Balaban J connectivity index is 2.45. The molecule has 0 heterocycles. The fraction of sp³-hybridized carbons (Fsp3) is 0.312. The fourth-order valence-electron chi connectivity index (χ4n) is 2.16. The van der Waals surface area contributed by atoms with Crippen molar-refractivity contribution in [3.63, 3.8) is 0 Å². The third-order valence-electron chi connectivity index (χ3n) is 3.73. The van der Waals surface area contributed by atoms with Crippen LogP contribution < -0.4 is 0 Å². The first kappa shape index (κ1) is 13.6. The molecule has 0 radical (unpaired) electrons. The number of esters is 1. The van der Waals surface area contributed by atoms with Crippen LogP contribution in [0.15, 0.2) is 42.5 Å². The molecule has 0 aromatic heterocycles. The van der Waals surface area contributed by atoms with Gasteiger partial charge in [-0.3, -0.25) is 4.79 Å². The fourth-order valence-corrected chi connectivity index (χ4v) is 2.16. The zero-order chi connectivity index (χ0) is 14.0. The number of aliphatic hydroxyl groups is 1. The number of carbonyl (C=O) groups excluding carboxylic acids is 1. The summed E-state index contributed by atoms with van der Waals surface area (Å²) in [6, 6.07) is 13.6. The maximum Gasteiger partial charge on any atom is 0.311 e. The molecule has 19 heavy (non-hydrogen) atoms. The molecule has 2 atom stereocenters. The van der Waals surface area contributed by atoms with Crippen LogP contribution in [0.25, 0.3) is 10.8 Å². The minimum absolute atomic E-state index is 0.418. The van der Waals surface area contributed by atoms with Gasteiger partial charge in [0, 0.05) is 0 Å². The molecule has 2 aromatic carbocycles. The van der Waals surface area contributed by atoms with E-state index in [1.165, 1.54) is 7.11 Å². The van der Waals surface area contributed by atoms with E-state index in [9.17, 15) is 9.90 Å². The molecule has 0 saturated carbocycles. The number of fused-ring (bicyclic) bond motifs is 1. The van der Waals surface area contributed by atoms with E-state index in [2.05, 4.69) is 0 Å². The van der Waals surface area contributed by atoms with Crippen LogP contribution >= 0.6 is 0 Å². The van der Waals surface area contributed by atoms with Gasteiger partial charge in [0.1, 0.15) is 0 Å². The lowest BCUT2D eigenvalue weighted by Crippen LogP contribution is -2.35. The van der Waals surface area contributed by atoms with Gasteiger partial charge in [-0.1, -0.05) is 36.4 Å². The highest BCUT2D eigenvalue weighted by atomic mass is 16.5. The van der Waals surface area contributed by atoms with Crippen LogP contribution in [0.4, 0.5) is 0 Å². The summed E-state index contributed by atoms with van der Waals surface area (Å²) in [5.41, 5.74) is -0.541. The zero-order valence-corrected chi connectivity index (χ0v) is 11.4. The minimum atomic E-state index is -1.25. The highest BCUT2D eigenvalue weighted by molar-refractivity contribution is 5.83. The van der Waals surface area contributed by atoms with E-state index in [-0.39, 0.29) is 0 Å². The Kier molecular flexibility index (Phi) is 3.58. The highest BCUT2D eigenvalue weighted by Crippen LogP contribution is 2.32. The molecule has 0 aliphatic rings. The van der Waals surface area contributed by atoms with Crippen molar-refractivity contribution in [3.05, 3.63) is 48.0 Å². The molecule has 0 amide bonds. The van der Waals surface area contributed by atoms with Gasteiger partial charge < -0.3 is 9.84 Å². The summed E-state index contributed by atoms with van der Waals surface area (Å²) in [5.74, 6) is -1.04. The quantitative estimate of drug-likeness (QED) is 0.861. The Bertz CT molecular complexity index is 602. The molecule has 2 rings (SSSR count). The summed E-state index contributed by atoms with van der Waals surface area (Å²) in [5, 5.41) is 12.8. The summed E-state index contributed by atoms with van der Waals surface area (Å²) < 4.78 is 4.71. The van der Waals surface area contributed by atoms with Crippen molar-refractivity contribution in [2.24, 2.45) is 5.92 Å². The van der Waals surface area contributed by atoms with Crippen LogP contribution in [0, 0.1) is 5.92 Å². The average Bonchev–Trinajstić information content (AvgIpc) is 2.45. The van der Waals surface area contributed by atoms with Crippen molar-refractivity contribution >= 4 is 16.7 Å². The first-order valence-corrected chi connectivity index (χ1v) is 6.26. The van der Waals surface area contributed by atoms with Gasteiger partial charge in [0.25, 0.3) is 0 Å². The molecular weight excluding hydrogens is 240 g/mol. The monoisotopic (exact) mass is 258 g/mol. The molecule has 0 fully saturated rings. The van der Waals surface area contributed by atoms with Gasteiger partial charge in [0.05, 0.1) is 18.6 Å². The third-order valence-corrected chi connectivity index (χ3v) is 3.73. The number of hydrogen-bond donors (Lipinski definition) is 1. The number of hydrogen-bond acceptors (Lipinski definition) is 3. The Morgan fingerprint density at radius 2 is 1.84 bits per heavy atom. The topological polar surface area (TPSA) is 46.5 Å². The van der Waals surface area contributed by atoms with Crippen molar-refractivity contribution in [2.75, 3.05) is 7.11 Å². The zero-order valence-electron chi connectivity index (χ0n) is 11.4. The Morgan fingerprint density at radius 1 is 1.21 bits per heavy atom. The maximum atomic E-state index is 11.6. The SMILES string of the molecule is COC(=O)C(C)C(C)(O)c1ccc2ccccc2c1. The van der Waals surface area contributed by atoms with Gasteiger partial charge in [0.15, 0.2) is 0 Å². The second-order valence-corrected chi connectivity index (χ2v) is 4.95. The van der Waals surface area contributed by atoms with E-state index in [1.807, 2.05) is 42.5 Å². The number of ether oxygens (including phenoxy) is 1. The first-order valence-electron chi connectivity index (χ1n) is 6.26. The molecule has 0 bridgehead atoms. The Hall–Kier alpha value is -1.87. The summed E-state index contributed by atoms with van der Waals surface area (Å²) >= 11 is 0. The predicted octanol–water partition coefficient (Wildman–Crippen LogP) is 2.86. The van der Waals surface area contributed by atoms with Gasteiger partial charge in [-0.25, -0.2) is 0 Å². The summed E-state index contributed by atoms with van der Waals surface area (Å²) in [7, 11) is 1.33. The molecule has 0 saturated heterocycles. The Labute approximate surface area is 112 Å². The van der Waals surface area contributed by atoms with E-state index in [0.29, 0.717) is 5.56 Å². The number of carbonyl (C=O) groups is 1. The van der Waals surface area contributed by atoms with Crippen LogP contribution in [0.5, 0.6) is 0 Å². The van der Waals surface area contributed by atoms with E-state index < -0.39 is 17.5 Å². The van der Waals surface area contributed by atoms with Gasteiger partial charge in [-0.05, 0) is 36.2 Å². The number of benzene rings is 2. The lowest BCUT2D eigenvalue weighted by molar-refractivity contribution is -0.154. The smallest absolute Gasteiger partial charge is 0.311 e. The van der Waals surface area contributed by atoms with Crippen LogP contribution in [-0.4, -0.2) is 18.2 Å². The summed E-state index contributed by atoms with van der Waals surface area (Å²) in [4.78, 5) is 11.6. The minimum Gasteiger partial charge on any atom is -0.469 e. The average molecular weight is 258 g/mol. The van der Waals surface area contributed by atoms with E-state index in [1.54, 1.807) is 13.8 Å². The van der Waals surface area contributed by atoms with Gasteiger partial charge in [-0.2, -0.15) is 0 Å². The van der Waals surface area contributed by atoms with Gasteiger partial charge in [0.2, 0.25) is 0 Å². The van der Waals surface area contributed by atoms with Gasteiger partial charge in [-0.15, -0.1) is 0 Å². The first-order chi connectivity index (χ1) is 8.96. The third kappa shape index (κ3) is 2.47. The molecule has 1 N–H and O–H groups in total. The van der Waals surface area contributed by atoms with Crippen LogP contribution in [0.2, 0.25) is 0 Å². The molecule has 0 spiro atoms. The second-order valence-electron chi connectivity index (χ2n) is 4.95. The summed E-state index contributed by atoms with van der Waals surface area (Å²) in [6.07, 6.45) is 0. The van der Waals surface area contributed by atoms with Crippen LogP contribution in [0.1, 0.15) is 19.4 Å². The van der Waals surface area contributed by atoms with E-state index in [4.69, 9.17) is 4.74 Å². The lowest BCUT2D eigenvalue weighted by Gasteiger charge is -2.29. The molecular formula is C16H18O3. The largest absolute Gasteiger partial charge is 0.469 e. The molecule has 0 aliphatic carbocycles. The van der Waals surface area contributed by atoms with Crippen molar-refractivity contribution in [2.45, 2.75) is 19.4 Å². The van der Waals surface area contributed by atoms with Crippen molar-refractivity contribution in [1.82, 2.24) is 0 Å². The molecule has 3 heteroatoms. The molecule has 3 nitrogen and oxygen atoms in total. The Morgan fingerprint density at radius 3 is 2.47 bits per heavy atom. The van der Waals surface area contributed by atoms with E-state index in [0.717, 1.165) is 10.8 Å².